The molecule has 1 aromatic heterocycles. The Bertz CT molecular complexity index is 970. The van der Waals surface area contributed by atoms with Crippen LogP contribution in [0.15, 0.2) is 55.0 Å². The summed E-state index contributed by atoms with van der Waals surface area (Å²) in [7, 11) is 0. The van der Waals surface area contributed by atoms with Crippen LogP contribution >= 0.6 is 0 Å². The average Bonchev–Trinajstić information content (AvgIpc) is 3.11. The second-order valence-corrected chi connectivity index (χ2v) is 6.79. The number of benzene rings is 2. The van der Waals surface area contributed by atoms with Crippen LogP contribution in [-0.2, 0) is 12.8 Å². The van der Waals surface area contributed by atoms with Crippen molar-refractivity contribution in [2.45, 2.75) is 25.3 Å². The molecule has 26 heavy (non-hydrogen) atoms. The van der Waals surface area contributed by atoms with Gasteiger partial charge in [0.25, 0.3) is 0 Å². The van der Waals surface area contributed by atoms with Gasteiger partial charge in [0.2, 0.25) is 0 Å². The number of imidazole rings is 1. The highest BCUT2D eigenvalue weighted by atomic mass is 19.1. The molecule has 1 aliphatic rings. The highest BCUT2D eigenvalue weighted by molar-refractivity contribution is 5.35. The van der Waals surface area contributed by atoms with Crippen LogP contribution in [0.5, 0.6) is 0 Å². The van der Waals surface area contributed by atoms with Gasteiger partial charge in [-0.05, 0) is 55.0 Å². The highest BCUT2D eigenvalue weighted by Crippen LogP contribution is 2.36. The first-order chi connectivity index (χ1) is 12.6. The normalized spacial score (nSPS) is 19.0. The number of hydrogen-bond acceptors (Lipinski definition) is 2. The van der Waals surface area contributed by atoms with E-state index in [2.05, 4.69) is 4.98 Å². The van der Waals surface area contributed by atoms with E-state index >= 15 is 0 Å². The van der Waals surface area contributed by atoms with Crippen molar-refractivity contribution in [3.8, 4) is 6.07 Å². The van der Waals surface area contributed by atoms with Crippen molar-refractivity contribution in [1.82, 2.24) is 9.55 Å². The van der Waals surface area contributed by atoms with Crippen LogP contribution in [-0.4, -0.2) is 9.55 Å². The smallest absolute Gasteiger partial charge is 0.129 e. The number of halogens is 2. The minimum atomic E-state index is -0.365. The quantitative estimate of drug-likeness (QED) is 0.702. The average molecular weight is 349 g/mol. The Kier molecular flexibility index (Phi) is 4.26. The van der Waals surface area contributed by atoms with Gasteiger partial charge in [-0.25, -0.2) is 13.8 Å². The number of hydrogen-bond donors (Lipinski definition) is 0. The van der Waals surface area contributed by atoms with E-state index in [1.54, 1.807) is 30.6 Å². The Morgan fingerprint density at radius 2 is 1.96 bits per heavy atom. The molecule has 2 aromatic carbocycles. The van der Waals surface area contributed by atoms with E-state index in [1.807, 2.05) is 16.8 Å². The van der Waals surface area contributed by atoms with E-state index in [4.69, 9.17) is 5.26 Å². The molecule has 0 amide bonds. The number of nitrogens with zero attached hydrogens (tertiary/aromatic N) is 3. The van der Waals surface area contributed by atoms with Crippen molar-refractivity contribution in [1.29, 1.82) is 5.26 Å². The van der Waals surface area contributed by atoms with Crippen LogP contribution in [0.1, 0.15) is 34.8 Å². The van der Waals surface area contributed by atoms with Crippen molar-refractivity contribution in [3.63, 3.8) is 0 Å². The van der Waals surface area contributed by atoms with Gasteiger partial charge < -0.3 is 4.57 Å². The van der Waals surface area contributed by atoms with E-state index < -0.39 is 0 Å². The molecule has 0 fully saturated rings. The first-order valence-corrected chi connectivity index (χ1v) is 8.58. The molecule has 4 rings (SSSR count). The summed E-state index contributed by atoms with van der Waals surface area (Å²) in [5.74, 6) is -0.297. The zero-order valence-corrected chi connectivity index (χ0v) is 14.1. The molecule has 3 aromatic rings. The predicted molar refractivity (Wildman–Crippen MR) is 93.4 cm³/mol. The molecule has 0 bridgehead atoms. The fourth-order valence-corrected chi connectivity index (χ4v) is 3.83. The second-order valence-electron chi connectivity index (χ2n) is 6.79. The zero-order chi connectivity index (χ0) is 18.1. The molecule has 2 heterocycles. The highest BCUT2D eigenvalue weighted by Gasteiger charge is 2.29. The van der Waals surface area contributed by atoms with Crippen LogP contribution in [0.4, 0.5) is 8.78 Å². The van der Waals surface area contributed by atoms with E-state index in [0.29, 0.717) is 17.0 Å². The van der Waals surface area contributed by atoms with Crippen LogP contribution in [0.3, 0.4) is 0 Å². The third-order valence-corrected chi connectivity index (χ3v) is 5.06. The monoisotopic (exact) mass is 349 g/mol. The number of fused-ring (bicyclic) bond motifs is 1. The van der Waals surface area contributed by atoms with Gasteiger partial charge >= 0.3 is 0 Å². The first kappa shape index (κ1) is 16.5. The maximum atomic E-state index is 14.6. The summed E-state index contributed by atoms with van der Waals surface area (Å²) in [6.45, 7) is 0. The number of aromatic nitrogens is 2. The Labute approximate surface area is 150 Å². The SMILES string of the molecule is N#Cc1ccc([C@@H]2CC(Cc3ccc(F)cc3)Cc3cncn32)c(F)c1. The summed E-state index contributed by atoms with van der Waals surface area (Å²) in [5, 5.41) is 8.96. The summed E-state index contributed by atoms with van der Waals surface area (Å²) in [5.41, 5.74) is 3.03. The van der Waals surface area contributed by atoms with Crippen molar-refractivity contribution < 1.29 is 8.78 Å². The van der Waals surface area contributed by atoms with Gasteiger partial charge in [-0.15, -0.1) is 0 Å². The lowest BCUT2D eigenvalue weighted by Crippen LogP contribution is -2.26. The maximum Gasteiger partial charge on any atom is 0.129 e. The van der Waals surface area contributed by atoms with Crippen LogP contribution in [0.2, 0.25) is 0 Å². The zero-order valence-electron chi connectivity index (χ0n) is 14.1. The molecule has 0 saturated carbocycles. The Hall–Kier alpha value is -3.00. The van der Waals surface area contributed by atoms with Crippen LogP contribution in [0, 0.1) is 28.9 Å². The van der Waals surface area contributed by atoms with Gasteiger partial charge in [0.05, 0.1) is 24.0 Å². The van der Waals surface area contributed by atoms with Gasteiger partial charge in [0, 0.05) is 17.5 Å². The number of nitriles is 1. The minimum absolute atomic E-state index is 0.153. The lowest BCUT2D eigenvalue weighted by Gasteiger charge is -2.32. The first-order valence-electron chi connectivity index (χ1n) is 8.58. The molecule has 0 radical (unpaired) electrons. The van der Waals surface area contributed by atoms with Gasteiger partial charge in [0.1, 0.15) is 11.6 Å². The number of rotatable bonds is 3. The third kappa shape index (κ3) is 3.11. The Morgan fingerprint density at radius 1 is 1.15 bits per heavy atom. The summed E-state index contributed by atoms with van der Waals surface area (Å²) >= 11 is 0. The molecule has 5 heteroatoms. The summed E-state index contributed by atoms with van der Waals surface area (Å²) in [4.78, 5) is 4.23. The van der Waals surface area contributed by atoms with Gasteiger partial charge in [-0.2, -0.15) is 5.26 Å². The molecule has 0 aliphatic carbocycles. The predicted octanol–water partition coefficient (Wildman–Crippen LogP) is 4.43. The standard InChI is InChI=1S/C21H17F2N3/c22-17-4-1-14(2-5-17)7-16-8-18-12-25-13-26(18)21(10-16)19-6-3-15(11-24)9-20(19)23/h1-6,9,12-13,16,21H,7-8,10H2/t16?,21-/m0/s1. The van der Waals surface area contributed by atoms with Crippen molar-refractivity contribution >= 4 is 0 Å². The molecule has 130 valence electrons. The topological polar surface area (TPSA) is 41.6 Å². The molecular formula is C21H17F2N3. The van der Waals surface area contributed by atoms with Crippen LogP contribution < -0.4 is 0 Å². The van der Waals surface area contributed by atoms with Crippen molar-refractivity contribution in [3.05, 3.63) is 89.0 Å². The lowest BCUT2D eigenvalue weighted by atomic mass is 9.83. The molecule has 0 N–H and O–H groups in total. The molecule has 0 saturated heterocycles. The lowest BCUT2D eigenvalue weighted by molar-refractivity contribution is 0.337. The van der Waals surface area contributed by atoms with E-state index in [0.717, 1.165) is 30.5 Å². The van der Waals surface area contributed by atoms with E-state index in [1.165, 1.54) is 18.2 Å². The summed E-state index contributed by atoms with van der Waals surface area (Å²) in [6.07, 6.45) is 5.99. The molecular weight excluding hydrogens is 332 g/mol. The van der Waals surface area contributed by atoms with Gasteiger partial charge in [-0.3, -0.25) is 0 Å². The minimum Gasteiger partial charge on any atom is -0.327 e. The fraction of sp³-hybridized carbons (Fsp3) is 0.238. The molecule has 2 atom stereocenters. The Balaban J connectivity index is 1.64. The maximum absolute atomic E-state index is 14.6. The molecule has 0 spiro atoms. The molecule has 1 unspecified atom stereocenters. The Morgan fingerprint density at radius 3 is 2.69 bits per heavy atom. The second kappa shape index (κ2) is 6.72. The van der Waals surface area contributed by atoms with Crippen molar-refractivity contribution in [2.24, 2.45) is 5.92 Å². The van der Waals surface area contributed by atoms with Gasteiger partial charge in [-0.1, -0.05) is 18.2 Å². The molecule has 3 nitrogen and oxygen atoms in total. The molecule has 1 aliphatic heterocycles. The summed E-state index contributed by atoms with van der Waals surface area (Å²) < 4.78 is 29.7. The van der Waals surface area contributed by atoms with E-state index in [-0.39, 0.29) is 17.7 Å². The fourth-order valence-electron chi connectivity index (χ4n) is 3.83. The van der Waals surface area contributed by atoms with Crippen molar-refractivity contribution in [2.75, 3.05) is 0 Å². The van der Waals surface area contributed by atoms with Gasteiger partial charge in [0.15, 0.2) is 0 Å². The van der Waals surface area contributed by atoms with E-state index in [9.17, 15) is 8.78 Å². The largest absolute Gasteiger partial charge is 0.327 e. The van der Waals surface area contributed by atoms with Crippen LogP contribution in [0.25, 0.3) is 0 Å². The summed E-state index contributed by atoms with van der Waals surface area (Å²) in [6, 6.07) is 13.0. The third-order valence-electron chi connectivity index (χ3n) is 5.06.